The zero-order chi connectivity index (χ0) is 8.55. The van der Waals surface area contributed by atoms with E-state index in [0.29, 0.717) is 5.02 Å². The van der Waals surface area contributed by atoms with Crippen molar-refractivity contribution in [2.24, 2.45) is 0 Å². The van der Waals surface area contributed by atoms with Crippen molar-refractivity contribution in [3.63, 3.8) is 0 Å². The molecule has 0 radical (unpaired) electrons. The third-order valence-electron chi connectivity index (χ3n) is 1.69. The Labute approximate surface area is 83.1 Å². The predicted molar refractivity (Wildman–Crippen MR) is 53.7 cm³/mol. The van der Waals surface area contributed by atoms with Crippen molar-refractivity contribution in [2.75, 3.05) is 0 Å². The van der Waals surface area contributed by atoms with E-state index >= 15 is 0 Å². The Morgan fingerprint density at radius 2 is 2.33 bits per heavy atom. The van der Waals surface area contributed by atoms with Gasteiger partial charge < -0.3 is 4.98 Å². The van der Waals surface area contributed by atoms with Crippen LogP contribution in [0.5, 0.6) is 0 Å². The number of halogens is 2. The summed E-state index contributed by atoms with van der Waals surface area (Å²) < 4.78 is 0. The maximum Gasteiger partial charge on any atom is 0.107 e. The highest BCUT2D eigenvalue weighted by molar-refractivity contribution is 9.08. The van der Waals surface area contributed by atoms with Crippen LogP contribution >= 0.6 is 27.5 Å². The lowest BCUT2D eigenvalue weighted by Gasteiger charge is -1.97. The van der Waals surface area contributed by atoms with Gasteiger partial charge >= 0.3 is 0 Å². The largest absolute Gasteiger partial charge is 0.345 e. The number of alkyl halides is 1. The standard InChI is InChI=1S/C8H6BrClN2/c9-3-5-1-6(10)8-7(2-5)11-4-12-8/h1-2,4H,3H2,(H,11,12). The molecule has 62 valence electrons. The van der Waals surface area contributed by atoms with Crippen molar-refractivity contribution < 1.29 is 0 Å². The molecule has 0 fully saturated rings. The summed E-state index contributed by atoms with van der Waals surface area (Å²) in [5.41, 5.74) is 2.97. The molecule has 0 aliphatic carbocycles. The van der Waals surface area contributed by atoms with E-state index in [-0.39, 0.29) is 0 Å². The number of H-pyrrole nitrogens is 1. The lowest BCUT2D eigenvalue weighted by atomic mass is 10.2. The van der Waals surface area contributed by atoms with Gasteiger partial charge in [-0.3, -0.25) is 0 Å². The van der Waals surface area contributed by atoms with Crippen LogP contribution in [-0.2, 0) is 5.33 Å². The number of nitrogens with zero attached hydrogens (tertiary/aromatic N) is 1. The third-order valence-corrected chi connectivity index (χ3v) is 2.63. The monoisotopic (exact) mass is 244 g/mol. The van der Waals surface area contributed by atoms with Gasteiger partial charge in [0.2, 0.25) is 0 Å². The molecule has 2 rings (SSSR count). The smallest absolute Gasteiger partial charge is 0.107 e. The molecular formula is C8H6BrClN2. The van der Waals surface area contributed by atoms with Crippen molar-refractivity contribution in [3.8, 4) is 0 Å². The van der Waals surface area contributed by atoms with Gasteiger partial charge in [-0.25, -0.2) is 4.98 Å². The zero-order valence-electron chi connectivity index (χ0n) is 6.14. The Morgan fingerprint density at radius 3 is 3.08 bits per heavy atom. The fourth-order valence-corrected chi connectivity index (χ4v) is 1.75. The second kappa shape index (κ2) is 3.07. The van der Waals surface area contributed by atoms with Crippen molar-refractivity contribution in [3.05, 3.63) is 29.0 Å². The summed E-state index contributed by atoms with van der Waals surface area (Å²) >= 11 is 9.35. The van der Waals surface area contributed by atoms with Crippen LogP contribution in [0.3, 0.4) is 0 Å². The quantitative estimate of drug-likeness (QED) is 0.769. The van der Waals surface area contributed by atoms with Gasteiger partial charge in [-0.2, -0.15) is 0 Å². The van der Waals surface area contributed by atoms with E-state index < -0.39 is 0 Å². The third kappa shape index (κ3) is 1.23. The second-order valence-corrected chi connectivity index (χ2v) is 3.48. The minimum Gasteiger partial charge on any atom is -0.345 e. The Morgan fingerprint density at radius 1 is 1.50 bits per heavy atom. The molecule has 0 aliphatic rings. The van der Waals surface area contributed by atoms with Gasteiger partial charge in [0.25, 0.3) is 0 Å². The molecule has 0 saturated carbocycles. The average Bonchev–Trinajstić information content (AvgIpc) is 2.52. The van der Waals surface area contributed by atoms with Crippen LogP contribution < -0.4 is 0 Å². The van der Waals surface area contributed by atoms with Crippen LogP contribution in [0.25, 0.3) is 11.0 Å². The van der Waals surface area contributed by atoms with Crippen LogP contribution in [0, 0.1) is 0 Å². The minimum atomic E-state index is 0.697. The Hall–Kier alpha value is -0.540. The lowest BCUT2D eigenvalue weighted by Crippen LogP contribution is -1.79. The van der Waals surface area contributed by atoms with Crippen molar-refractivity contribution in [1.82, 2.24) is 9.97 Å². The van der Waals surface area contributed by atoms with Crippen molar-refractivity contribution in [2.45, 2.75) is 5.33 Å². The molecule has 0 spiro atoms. The normalized spacial score (nSPS) is 10.8. The van der Waals surface area contributed by atoms with Gasteiger partial charge in [0.05, 0.1) is 16.9 Å². The molecule has 0 saturated heterocycles. The summed E-state index contributed by atoms with van der Waals surface area (Å²) in [5, 5.41) is 1.50. The molecule has 1 aromatic carbocycles. The molecule has 0 unspecified atom stereocenters. The number of aromatic amines is 1. The molecule has 0 atom stereocenters. The van der Waals surface area contributed by atoms with Crippen molar-refractivity contribution in [1.29, 1.82) is 0 Å². The highest BCUT2D eigenvalue weighted by atomic mass is 79.9. The summed E-state index contributed by atoms with van der Waals surface area (Å²) in [7, 11) is 0. The van der Waals surface area contributed by atoms with Gasteiger partial charge in [0.1, 0.15) is 5.52 Å². The number of nitrogens with one attached hydrogen (secondary N) is 1. The molecule has 12 heavy (non-hydrogen) atoms. The van der Waals surface area contributed by atoms with E-state index in [2.05, 4.69) is 25.9 Å². The first kappa shape index (κ1) is 8.08. The number of hydrogen-bond donors (Lipinski definition) is 1. The first-order chi connectivity index (χ1) is 5.81. The molecule has 0 bridgehead atoms. The van der Waals surface area contributed by atoms with E-state index in [4.69, 9.17) is 11.6 Å². The molecule has 1 heterocycles. The first-order valence-corrected chi connectivity index (χ1v) is 4.98. The molecular weight excluding hydrogens is 239 g/mol. The van der Waals surface area contributed by atoms with Crippen LogP contribution in [0.2, 0.25) is 5.02 Å². The maximum absolute atomic E-state index is 5.98. The summed E-state index contributed by atoms with van der Waals surface area (Å²) in [6.07, 6.45) is 1.65. The highest BCUT2D eigenvalue weighted by Crippen LogP contribution is 2.23. The second-order valence-electron chi connectivity index (χ2n) is 2.51. The number of hydrogen-bond acceptors (Lipinski definition) is 1. The highest BCUT2D eigenvalue weighted by Gasteiger charge is 2.02. The SMILES string of the molecule is Clc1cc(CBr)cc2[nH]cnc12. The van der Waals surface area contributed by atoms with E-state index in [1.807, 2.05) is 12.1 Å². The molecule has 2 nitrogen and oxygen atoms in total. The molecule has 0 aliphatic heterocycles. The van der Waals surface area contributed by atoms with E-state index in [1.54, 1.807) is 6.33 Å². The summed E-state index contributed by atoms with van der Waals surface area (Å²) in [5.74, 6) is 0. The molecule has 1 N–H and O–H groups in total. The molecule has 4 heteroatoms. The summed E-state index contributed by atoms with van der Waals surface area (Å²) in [6, 6.07) is 3.95. The van der Waals surface area contributed by atoms with E-state index in [1.165, 1.54) is 0 Å². The fraction of sp³-hybridized carbons (Fsp3) is 0.125. The van der Waals surface area contributed by atoms with Gasteiger partial charge in [0.15, 0.2) is 0 Å². The molecule has 1 aromatic heterocycles. The fourth-order valence-electron chi connectivity index (χ4n) is 1.14. The summed E-state index contributed by atoms with van der Waals surface area (Å²) in [4.78, 5) is 7.11. The van der Waals surface area contributed by atoms with E-state index in [9.17, 15) is 0 Å². The van der Waals surface area contributed by atoms with Gasteiger partial charge in [-0.05, 0) is 17.7 Å². The van der Waals surface area contributed by atoms with Crippen LogP contribution in [-0.4, -0.2) is 9.97 Å². The number of benzene rings is 1. The Kier molecular flexibility index (Phi) is 2.07. The summed E-state index contributed by atoms with van der Waals surface area (Å²) in [6.45, 7) is 0. The van der Waals surface area contributed by atoms with E-state index in [0.717, 1.165) is 21.9 Å². The van der Waals surface area contributed by atoms with Gasteiger partial charge in [0, 0.05) is 5.33 Å². The molecule has 0 amide bonds. The Balaban J connectivity index is 2.75. The first-order valence-electron chi connectivity index (χ1n) is 3.48. The number of fused-ring (bicyclic) bond motifs is 1. The minimum absolute atomic E-state index is 0.697. The maximum atomic E-state index is 5.98. The lowest BCUT2D eigenvalue weighted by molar-refractivity contribution is 1.34. The van der Waals surface area contributed by atoms with Crippen LogP contribution in [0.15, 0.2) is 18.5 Å². The predicted octanol–water partition coefficient (Wildman–Crippen LogP) is 3.11. The van der Waals surface area contributed by atoms with Crippen LogP contribution in [0.1, 0.15) is 5.56 Å². The zero-order valence-corrected chi connectivity index (χ0v) is 8.48. The number of imidazole rings is 1. The van der Waals surface area contributed by atoms with Crippen molar-refractivity contribution >= 4 is 38.6 Å². The topological polar surface area (TPSA) is 28.7 Å². The Bertz CT molecular complexity index is 410. The number of aromatic nitrogens is 2. The van der Waals surface area contributed by atoms with Crippen LogP contribution in [0.4, 0.5) is 0 Å². The molecule has 2 aromatic rings. The number of rotatable bonds is 1. The average molecular weight is 246 g/mol. The van der Waals surface area contributed by atoms with Gasteiger partial charge in [-0.1, -0.05) is 27.5 Å². The van der Waals surface area contributed by atoms with Gasteiger partial charge in [-0.15, -0.1) is 0 Å².